The molecule has 0 bridgehead atoms. The maximum atomic E-state index is 15.0. The summed E-state index contributed by atoms with van der Waals surface area (Å²) in [5.41, 5.74) is -1.22. The first-order valence-electron chi connectivity index (χ1n) is 12.7. The highest BCUT2D eigenvalue weighted by atomic mass is 35.5. The molecule has 3 aromatic carbocycles. The number of amides is 2. The number of alkyl halides is 6. The molecular weight excluding hydrogens is 593 g/mol. The van der Waals surface area contributed by atoms with E-state index in [0.29, 0.717) is 11.6 Å². The number of benzene rings is 3. The quantitative estimate of drug-likeness (QED) is 0.229. The van der Waals surface area contributed by atoms with Crippen molar-refractivity contribution < 1.29 is 45.0 Å². The molecule has 0 aliphatic heterocycles. The Morgan fingerprint density at radius 1 is 1.07 bits per heavy atom. The summed E-state index contributed by atoms with van der Waals surface area (Å²) in [5.74, 6) is -4.80. The molecule has 0 spiro atoms. The van der Waals surface area contributed by atoms with Crippen molar-refractivity contribution >= 4 is 17.6 Å². The Kier molecular flexibility index (Phi) is 9.15. The van der Waals surface area contributed by atoms with Gasteiger partial charge in [0.1, 0.15) is 17.3 Å². The molecule has 4 rings (SSSR count). The fourth-order valence-corrected chi connectivity index (χ4v) is 5.21. The van der Waals surface area contributed by atoms with Gasteiger partial charge in [-0.05, 0) is 47.4 Å². The molecule has 5 nitrogen and oxygen atoms in total. The summed E-state index contributed by atoms with van der Waals surface area (Å²) in [6, 6.07) is 13.3. The molecule has 2 atom stereocenters. The maximum absolute atomic E-state index is 15.0. The molecule has 0 aromatic heterocycles. The van der Waals surface area contributed by atoms with E-state index in [1.54, 1.807) is 30.3 Å². The predicted molar refractivity (Wildman–Crippen MR) is 141 cm³/mol. The van der Waals surface area contributed by atoms with Crippen LogP contribution in [0.3, 0.4) is 0 Å². The highest BCUT2D eigenvalue weighted by Crippen LogP contribution is 2.40. The zero-order valence-electron chi connectivity index (χ0n) is 22.1. The summed E-state index contributed by atoms with van der Waals surface area (Å²) in [5, 5.41) is 5.29. The Bertz CT molecular complexity index is 1410. The third-order valence-corrected chi connectivity index (χ3v) is 7.19. The minimum atomic E-state index is -4.95. The van der Waals surface area contributed by atoms with E-state index < -0.39 is 60.5 Å². The van der Waals surface area contributed by atoms with E-state index >= 15 is 0 Å². The van der Waals surface area contributed by atoms with E-state index in [1.165, 1.54) is 25.3 Å². The van der Waals surface area contributed by atoms with Crippen molar-refractivity contribution in [2.45, 2.75) is 55.7 Å². The lowest BCUT2D eigenvalue weighted by Gasteiger charge is -2.37. The predicted octanol–water partition coefficient (Wildman–Crippen LogP) is 7.70. The lowest BCUT2D eigenvalue weighted by molar-refractivity contribution is -0.253. The van der Waals surface area contributed by atoms with Crippen LogP contribution in [-0.2, 0) is 12.0 Å². The van der Waals surface area contributed by atoms with Gasteiger partial charge < -0.3 is 20.1 Å². The average Bonchev–Trinajstić information content (AvgIpc) is 3.25. The normalized spacial score (nSPS) is 17.9. The minimum Gasteiger partial charge on any atom is -0.495 e. The Hall–Kier alpha value is -3.67. The third kappa shape index (κ3) is 7.21. The van der Waals surface area contributed by atoms with Gasteiger partial charge >= 0.3 is 18.6 Å². The SMILES string of the molecule is COc1ccc([C@@](Cc2ccccc2)(NC(=O)N[C@@H]2CCC(F)(F)C2)c2cc(F)cc(OC(F)(F)C(F)F)c2)cc1Cl. The van der Waals surface area contributed by atoms with Gasteiger partial charge in [-0.2, -0.15) is 17.6 Å². The molecule has 1 saturated carbocycles. The van der Waals surface area contributed by atoms with E-state index in [0.717, 1.165) is 12.1 Å². The van der Waals surface area contributed by atoms with Crippen LogP contribution in [0.25, 0.3) is 0 Å². The van der Waals surface area contributed by atoms with Crippen LogP contribution < -0.4 is 20.1 Å². The molecule has 1 aliphatic carbocycles. The number of carbonyl (C=O) groups excluding carboxylic acids is 1. The van der Waals surface area contributed by atoms with E-state index in [9.17, 15) is 35.5 Å². The zero-order chi connectivity index (χ0) is 30.7. The molecule has 0 radical (unpaired) electrons. The number of nitrogens with one attached hydrogen (secondary N) is 2. The Balaban J connectivity index is 1.88. The monoisotopic (exact) mass is 618 g/mol. The fourth-order valence-electron chi connectivity index (χ4n) is 4.95. The van der Waals surface area contributed by atoms with Crippen molar-refractivity contribution in [1.82, 2.24) is 10.6 Å². The van der Waals surface area contributed by atoms with Crippen LogP contribution in [0, 0.1) is 5.82 Å². The van der Waals surface area contributed by atoms with Gasteiger partial charge in [-0.3, -0.25) is 0 Å². The second-order valence-electron chi connectivity index (χ2n) is 9.95. The number of methoxy groups -OCH3 is 1. The van der Waals surface area contributed by atoms with Gasteiger partial charge in [0.05, 0.1) is 17.7 Å². The number of urea groups is 1. The van der Waals surface area contributed by atoms with Crippen molar-refractivity contribution in [3.63, 3.8) is 0 Å². The highest BCUT2D eigenvalue weighted by molar-refractivity contribution is 6.32. The van der Waals surface area contributed by atoms with Gasteiger partial charge in [-0.1, -0.05) is 48.0 Å². The first-order chi connectivity index (χ1) is 19.7. The highest BCUT2D eigenvalue weighted by Gasteiger charge is 2.45. The molecule has 0 heterocycles. The summed E-state index contributed by atoms with van der Waals surface area (Å²) in [6.45, 7) is 0. The van der Waals surface area contributed by atoms with Crippen LogP contribution in [0.5, 0.6) is 11.5 Å². The number of carbonyl (C=O) groups is 1. The molecule has 1 fully saturated rings. The van der Waals surface area contributed by atoms with Gasteiger partial charge in [0, 0.05) is 31.4 Å². The van der Waals surface area contributed by atoms with E-state index in [4.69, 9.17) is 16.3 Å². The Labute approximate surface area is 242 Å². The molecule has 2 N–H and O–H groups in total. The summed E-state index contributed by atoms with van der Waals surface area (Å²) < 4.78 is 105. The summed E-state index contributed by atoms with van der Waals surface area (Å²) in [7, 11) is 1.36. The zero-order valence-corrected chi connectivity index (χ0v) is 22.8. The van der Waals surface area contributed by atoms with Gasteiger partial charge in [0.2, 0.25) is 5.92 Å². The lowest BCUT2D eigenvalue weighted by atomic mass is 9.77. The summed E-state index contributed by atoms with van der Waals surface area (Å²) in [4.78, 5) is 13.4. The van der Waals surface area contributed by atoms with Gasteiger partial charge in [0.25, 0.3) is 0 Å². The number of ether oxygens (including phenoxy) is 2. The molecule has 42 heavy (non-hydrogen) atoms. The van der Waals surface area contributed by atoms with Crippen molar-refractivity contribution in [3.05, 3.63) is 94.3 Å². The Morgan fingerprint density at radius 2 is 1.79 bits per heavy atom. The van der Waals surface area contributed by atoms with Crippen LogP contribution in [0.4, 0.5) is 35.5 Å². The summed E-state index contributed by atoms with van der Waals surface area (Å²) >= 11 is 6.40. The van der Waals surface area contributed by atoms with E-state index in [1.807, 2.05) is 0 Å². The van der Waals surface area contributed by atoms with E-state index in [-0.39, 0.29) is 34.7 Å². The molecule has 0 unspecified atom stereocenters. The molecule has 1 aliphatic rings. The number of hydrogen-bond donors (Lipinski definition) is 2. The third-order valence-electron chi connectivity index (χ3n) is 6.89. The first kappa shape index (κ1) is 31.3. The fraction of sp³-hybridized carbons (Fsp3) is 0.345. The number of rotatable bonds is 10. The molecule has 2 amide bonds. The lowest BCUT2D eigenvalue weighted by Crippen LogP contribution is -2.54. The smallest absolute Gasteiger partial charge is 0.461 e. The Morgan fingerprint density at radius 3 is 2.38 bits per heavy atom. The minimum absolute atomic E-state index is 0.00112. The van der Waals surface area contributed by atoms with Crippen molar-refractivity contribution in [3.8, 4) is 11.5 Å². The molecule has 0 saturated heterocycles. The second kappa shape index (κ2) is 12.3. The molecular formula is C29H26ClF7N2O3. The standard InChI is InChI=1S/C29H26ClF7N2O3/c1-41-24-8-7-18(13-23(24)30)28(15-17-5-3-2-4-6-17,39-26(40)38-21-9-10-27(34,35)16-21)19-11-20(31)14-22(12-19)42-29(36,37)25(32)33/h2-8,11-14,21,25H,9-10,15-16H2,1H3,(H2,38,39,40)/t21-,28-/m1/s1. The molecule has 226 valence electrons. The van der Waals surface area contributed by atoms with Crippen LogP contribution in [-0.4, -0.2) is 37.6 Å². The van der Waals surface area contributed by atoms with Crippen molar-refractivity contribution in [1.29, 1.82) is 0 Å². The van der Waals surface area contributed by atoms with Gasteiger partial charge in [-0.25, -0.2) is 18.0 Å². The number of hydrogen-bond acceptors (Lipinski definition) is 3. The van der Waals surface area contributed by atoms with Crippen molar-refractivity contribution in [2.24, 2.45) is 0 Å². The van der Waals surface area contributed by atoms with Crippen molar-refractivity contribution in [2.75, 3.05) is 7.11 Å². The molecule has 3 aromatic rings. The van der Waals surface area contributed by atoms with Gasteiger partial charge in [-0.15, -0.1) is 0 Å². The largest absolute Gasteiger partial charge is 0.495 e. The van der Waals surface area contributed by atoms with Gasteiger partial charge in [0.15, 0.2) is 0 Å². The van der Waals surface area contributed by atoms with Crippen LogP contribution in [0.2, 0.25) is 5.02 Å². The topological polar surface area (TPSA) is 59.6 Å². The average molecular weight is 619 g/mol. The van der Waals surface area contributed by atoms with Crippen LogP contribution in [0.1, 0.15) is 36.0 Å². The molecule has 13 heteroatoms. The van der Waals surface area contributed by atoms with Crippen LogP contribution >= 0.6 is 11.6 Å². The first-order valence-corrected chi connectivity index (χ1v) is 13.1. The summed E-state index contributed by atoms with van der Waals surface area (Å²) in [6.07, 6.45) is -10.3. The van der Waals surface area contributed by atoms with E-state index in [2.05, 4.69) is 15.4 Å². The maximum Gasteiger partial charge on any atom is 0.461 e. The number of halogens is 8. The van der Waals surface area contributed by atoms with Crippen LogP contribution in [0.15, 0.2) is 66.7 Å². The second-order valence-corrected chi connectivity index (χ2v) is 10.4.